The van der Waals surface area contributed by atoms with Crippen LogP contribution in [0.15, 0.2) is 89.4 Å². The average molecular weight is 676 g/mol. The Labute approximate surface area is 263 Å². The van der Waals surface area contributed by atoms with Crippen molar-refractivity contribution in [2.45, 2.75) is 13.1 Å². The highest BCUT2D eigenvalue weighted by atomic mass is 79.9. The summed E-state index contributed by atoms with van der Waals surface area (Å²) in [6, 6.07) is 22.3. The molecule has 2 aliphatic rings. The van der Waals surface area contributed by atoms with E-state index in [-0.39, 0.29) is 29.8 Å². The molecule has 0 atom stereocenters. The summed E-state index contributed by atoms with van der Waals surface area (Å²) in [4.78, 5) is 73.0. The first kappa shape index (κ1) is 30.3. The molecule has 0 spiro atoms. The third-order valence-electron chi connectivity index (χ3n) is 6.91. The summed E-state index contributed by atoms with van der Waals surface area (Å²) < 4.78 is 0.651. The normalized spacial score (nSPS) is 13.4. The number of carboxylic acid groups (broad SMARTS) is 2. The minimum absolute atomic E-state index is 0.0857. The van der Waals surface area contributed by atoms with Crippen LogP contribution in [-0.4, -0.2) is 45.5 Å². The lowest BCUT2D eigenvalue weighted by Gasteiger charge is -2.18. The van der Waals surface area contributed by atoms with Crippen molar-refractivity contribution in [1.29, 1.82) is 0 Å². The number of anilines is 2. The van der Waals surface area contributed by atoms with Crippen LogP contribution < -0.4 is 9.80 Å². The number of carboxylic acids is 2. The van der Waals surface area contributed by atoms with Crippen molar-refractivity contribution in [1.82, 2.24) is 0 Å². The molecule has 0 saturated carbocycles. The Balaban J connectivity index is 0.000000175. The largest absolute Gasteiger partial charge is 0.478 e. The van der Waals surface area contributed by atoms with Crippen LogP contribution in [0, 0.1) is 0 Å². The van der Waals surface area contributed by atoms with Gasteiger partial charge in [0, 0.05) is 4.47 Å². The number of amides is 2. The third kappa shape index (κ3) is 5.75. The van der Waals surface area contributed by atoms with Crippen molar-refractivity contribution in [2.75, 3.05) is 9.80 Å². The highest BCUT2D eigenvalue weighted by Gasteiger charge is 2.38. The first-order valence-corrected chi connectivity index (χ1v) is 14.1. The molecule has 2 aliphatic heterocycles. The molecule has 0 aromatic heterocycles. The summed E-state index contributed by atoms with van der Waals surface area (Å²) >= 11 is 9.46. The molecule has 220 valence electrons. The van der Waals surface area contributed by atoms with Gasteiger partial charge in [0.15, 0.2) is 0 Å². The second-order valence-electron chi connectivity index (χ2n) is 9.72. The van der Waals surface area contributed by atoms with Gasteiger partial charge in [-0.1, -0.05) is 48.0 Å². The third-order valence-corrected chi connectivity index (χ3v) is 7.86. The van der Waals surface area contributed by atoms with Gasteiger partial charge < -0.3 is 10.2 Å². The van der Waals surface area contributed by atoms with Crippen molar-refractivity contribution in [3.63, 3.8) is 0 Å². The summed E-state index contributed by atoms with van der Waals surface area (Å²) in [6.07, 6.45) is 0. The van der Waals surface area contributed by atoms with Crippen molar-refractivity contribution in [3.05, 3.63) is 128 Å². The van der Waals surface area contributed by atoms with E-state index < -0.39 is 35.3 Å². The fourth-order valence-electron chi connectivity index (χ4n) is 4.90. The van der Waals surface area contributed by atoms with Gasteiger partial charge >= 0.3 is 11.9 Å². The van der Waals surface area contributed by atoms with Gasteiger partial charge in [-0.05, 0) is 75.6 Å². The number of ketones is 2. The molecule has 2 heterocycles. The highest BCUT2D eigenvalue weighted by Crippen LogP contribution is 2.38. The summed E-state index contributed by atoms with van der Waals surface area (Å²) in [5.74, 6) is -4.51. The molecular weight excluding hydrogens is 656 g/mol. The van der Waals surface area contributed by atoms with Crippen LogP contribution in [0.1, 0.15) is 52.6 Å². The molecule has 10 nitrogen and oxygen atoms in total. The van der Waals surface area contributed by atoms with Gasteiger partial charge in [0.25, 0.3) is 23.4 Å². The van der Waals surface area contributed by atoms with Gasteiger partial charge in [0.05, 0.1) is 51.7 Å². The monoisotopic (exact) mass is 674 g/mol. The molecule has 4 aromatic rings. The Kier molecular flexibility index (Phi) is 8.43. The first-order chi connectivity index (χ1) is 21.0. The smallest absolute Gasteiger partial charge is 0.335 e. The van der Waals surface area contributed by atoms with Crippen LogP contribution in [0.3, 0.4) is 0 Å². The molecular formula is C32H20BrClN2O8. The predicted octanol–water partition coefficient (Wildman–Crippen LogP) is 5.64. The van der Waals surface area contributed by atoms with Crippen LogP contribution in [0.5, 0.6) is 0 Å². The SMILES string of the molecule is O=C(O)c1cccc(CN2C(=O)C(=O)c3cccc(Br)c32)c1.O=C(O)c1cccc(CN2C(=O)C(=O)c3cccc(Cl)c32)c1. The van der Waals surface area contributed by atoms with Gasteiger partial charge in [0.1, 0.15) is 0 Å². The fourth-order valence-corrected chi connectivity index (χ4v) is 5.75. The zero-order valence-electron chi connectivity index (χ0n) is 22.5. The maximum Gasteiger partial charge on any atom is 0.335 e. The van der Waals surface area contributed by atoms with Crippen molar-refractivity contribution in [2.24, 2.45) is 0 Å². The molecule has 4 aromatic carbocycles. The maximum absolute atomic E-state index is 12.2. The van der Waals surface area contributed by atoms with E-state index in [4.69, 9.17) is 21.8 Å². The van der Waals surface area contributed by atoms with Crippen LogP contribution in [-0.2, 0) is 22.7 Å². The number of halogens is 2. The van der Waals surface area contributed by atoms with Gasteiger partial charge in [0.2, 0.25) is 0 Å². The molecule has 0 unspecified atom stereocenters. The number of Topliss-reactive ketones (excluding diaryl/α,β-unsaturated/α-hetero) is 2. The number of para-hydroxylation sites is 2. The number of hydrogen-bond acceptors (Lipinski definition) is 6. The molecule has 0 saturated heterocycles. The van der Waals surface area contributed by atoms with E-state index in [9.17, 15) is 28.8 Å². The van der Waals surface area contributed by atoms with Gasteiger partial charge in [-0.25, -0.2) is 9.59 Å². The maximum atomic E-state index is 12.2. The van der Waals surface area contributed by atoms with Crippen LogP contribution in [0.2, 0.25) is 5.02 Å². The Morgan fingerprint density at radius 2 is 1.07 bits per heavy atom. The van der Waals surface area contributed by atoms with Gasteiger partial charge in [-0.15, -0.1) is 0 Å². The Bertz CT molecular complexity index is 1770. The fraction of sp³-hybridized carbons (Fsp3) is 0.0625. The molecule has 44 heavy (non-hydrogen) atoms. The Hall–Kier alpha value is -5.13. The van der Waals surface area contributed by atoms with E-state index in [1.54, 1.807) is 60.7 Å². The quantitative estimate of drug-likeness (QED) is 0.249. The van der Waals surface area contributed by atoms with Crippen LogP contribution >= 0.6 is 27.5 Å². The highest BCUT2D eigenvalue weighted by molar-refractivity contribution is 9.10. The lowest BCUT2D eigenvalue weighted by molar-refractivity contribution is -0.115. The lowest BCUT2D eigenvalue weighted by Crippen LogP contribution is -2.29. The zero-order valence-corrected chi connectivity index (χ0v) is 24.8. The van der Waals surface area contributed by atoms with E-state index >= 15 is 0 Å². The molecule has 2 amide bonds. The number of nitrogens with zero attached hydrogens (tertiary/aromatic N) is 2. The van der Waals surface area contributed by atoms with E-state index in [1.807, 2.05) is 0 Å². The number of hydrogen-bond donors (Lipinski definition) is 2. The number of carbonyl (C=O) groups is 6. The van der Waals surface area contributed by atoms with Crippen molar-refractivity contribution >= 4 is 74.2 Å². The predicted molar refractivity (Wildman–Crippen MR) is 163 cm³/mol. The topological polar surface area (TPSA) is 149 Å². The molecule has 0 radical (unpaired) electrons. The first-order valence-electron chi connectivity index (χ1n) is 12.9. The standard InChI is InChI=1S/C16H10BrNO4.C16H10ClNO4/c2*17-12-6-2-5-11-13(12)18(15(20)14(11)19)8-9-3-1-4-10(7-9)16(21)22/h2*1-7H,8H2,(H,21,22). The van der Waals surface area contributed by atoms with E-state index in [1.165, 1.54) is 34.1 Å². The minimum atomic E-state index is -1.05. The van der Waals surface area contributed by atoms with Gasteiger partial charge in [-0.3, -0.25) is 29.0 Å². The summed E-state index contributed by atoms with van der Waals surface area (Å²) in [5, 5.41) is 18.3. The second kappa shape index (κ2) is 12.2. The lowest BCUT2D eigenvalue weighted by atomic mass is 10.1. The van der Waals surface area contributed by atoms with Crippen LogP contribution in [0.4, 0.5) is 11.4 Å². The Morgan fingerprint density at radius 3 is 1.57 bits per heavy atom. The van der Waals surface area contributed by atoms with E-state index in [2.05, 4.69) is 15.9 Å². The second-order valence-corrected chi connectivity index (χ2v) is 11.0. The van der Waals surface area contributed by atoms with Gasteiger partial charge in [-0.2, -0.15) is 0 Å². The molecule has 12 heteroatoms. The van der Waals surface area contributed by atoms with E-state index in [0.717, 1.165) is 0 Å². The molecule has 0 fully saturated rings. The minimum Gasteiger partial charge on any atom is -0.478 e. The average Bonchev–Trinajstić information content (AvgIpc) is 3.39. The van der Waals surface area contributed by atoms with Crippen LogP contribution in [0.25, 0.3) is 0 Å². The summed E-state index contributed by atoms with van der Waals surface area (Å²) in [6.45, 7) is 0.226. The number of fused-ring (bicyclic) bond motifs is 2. The molecule has 0 bridgehead atoms. The number of rotatable bonds is 6. The summed E-state index contributed by atoms with van der Waals surface area (Å²) in [5.41, 5.74) is 3.04. The molecule has 6 rings (SSSR count). The molecule has 2 N–H and O–H groups in total. The number of benzene rings is 4. The Morgan fingerprint density at radius 1 is 0.636 bits per heavy atom. The molecule has 0 aliphatic carbocycles. The van der Waals surface area contributed by atoms with Crippen molar-refractivity contribution in [3.8, 4) is 0 Å². The summed E-state index contributed by atoms with van der Waals surface area (Å²) in [7, 11) is 0. The number of aromatic carboxylic acids is 2. The van der Waals surface area contributed by atoms with E-state index in [0.29, 0.717) is 37.6 Å². The number of carbonyl (C=O) groups excluding carboxylic acids is 4. The van der Waals surface area contributed by atoms with Crippen molar-refractivity contribution < 1.29 is 39.0 Å². The zero-order chi connectivity index (χ0) is 31.7.